The standard InChI is InChI=1S/C16H15Cl2NO4/c1-9-8-23-13(6-14(20)21)15(9)16(22)19(2)7-10-3-11(17)5-12(18)4-10/h3-5,8H,6-7H2,1-2H3,(H,20,21). The average molecular weight is 356 g/mol. The van der Waals surface area contributed by atoms with Crippen molar-refractivity contribution >= 4 is 35.1 Å². The number of carbonyl (C=O) groups is 2. The molecule has 0 aliphatic rings. The zero-order chi connectivity index (χ0) is 17.1. The highest BCUT2D eigenvalue weighted by molar-refractivity contribution is 6.34. The van der Waals surface area contributed by atoms with Crippen LogP contribution in [0.1, 0.15) is 27.2 Å². The molecule has 1 N–H and O–H groups in total. The molecule has 5 nitrogen and oxygen atoms in total. The Morgan fingerprint density at radius 1 is 1.22 bits per heavy atom. The molecule has 0 spiro atoms. The lowest BCUT2D eigenvalue weighted by atomic mass is 10.1. The third-order valence-corrected chi connectivity index (χ3v) is 3.70. The van der Waals surface area contributed by atoms with Crippen LogP contribution in [0, 0.1) is 6.92 Å². The lowest BCUT2D eigenvalue weighted by Gasteiger charge is -2.18. The number of halogens is 2. The third kappa shape index (κ3) is 4.27. The van der Waals surface area contributed by atoms with E-state index in [1.807, 2.05) is 0 Å². The average Bonchev–Trinajstić information content (AvgIpc) is 2.76. The number of carboxylic acid groups (broad SMARTS) is 1. The van der Waals surface area contributed by atoms with Gasteiger partial charge in [0.1, 0.15) is 12.2 Å². The number of carbonyl (C=O) groups excluding carboxylic acids is 1. The van der Waals surface area contributed by atoms with Gasteiger partial charge in [-0.1, -0.05) is 23.2 Å². The van der Waals surface area contributed by atoms with E-state index in [0.717, 1.165) is 5.56 Å². The molecule has 1 heterocycles. The van der Waals surface area contributed by atoms with E-state index in [1.54, 1.807) is 32.2 Å². The number of amides is 1. The Balaban J connectivity index is 2.23. The predicted octanol–water partition coefficient (Wildman–Crippen LogP) is 3.79. The van der Waals surface area contributed by atoms with Crippen LogP contribution in [-0.2, 0) is 17.8 Å². The van der Waals surface area contributed by atoms with E-state index >= 15 is 0 Å². The number of nitrogens with zero attached hydrogens (tertiary/aromatic N) is 1. The van der Waals surface area contributed by atoms with Crippen molar-refractivity contribution in [3.63, 3.8) is 0 Å². The predicted molar refractivity (Wildman–Crippen MR) is 87.0 cm³/mol. The lowest BCUT2D eigenvalue weighted by Crippen LogP contribution is -2.27. The summed E-state index contributed by atoms with van der Waals surface area (Å²) in [4.78, 5) is 24.9. The van der Waals surface area contributed by atoms with Crippen LogP contribution in [0.2, 0.25) is 10.0 Å². The smallest absolute Gasteiger partial charge is 0.311 e. The maximum Gasteiger partial charge on any atom is 0.311 e. The summed E-state index contributed by atoms with van der Waals surface area (Å²) >= 11 is 11.9. The molecule has 23 heavy (non-hydrogen) atoms. The Bertz CT molecular complexity index is 734. The third-order valence-electron chi connectivity index (χ3n) is 3.27. The topological polar surface area (TPSA) is 70.7 Å². The van der Waals surface area contributed by atoms with Gasteiger partial charge in [-0.3, -0.25) is 9.59 Å². The maximum absolute atomic E-state index is 12.6. The van der Waals surface area contributed by atoms with Crippen molar-refractivity contribution in [2.75, 3.05) is 7.05 Å². The molecule has 0 radical (unpaired) electrons. The molecule has 0 aliphatic carbocycles. The zero-order valence-electron chi connectivity index (χ0n) is 12.6. The van der Waals surface area contributed by atoms with Crippen molar-refractivity contribution in [1.29, 1.82) is 0 Å². The molecular weight excluding hydrogens is 341 g/mol. The van der Waals surface area contributed by atoms with Gasteiger partial charge in [0.25, 0.3) is 5.91 Å². The summed E-state index contributed by atoms with van der Waals surface area (Å²) in [6, 6.07) is 5.05. The number of aryl methyl sites for hydroxylation is 1. The van der Waals surface area contributed by atoms with E-state index in [-0.39, 0.29) is 30.2 Å². The van der Waals surface area contributed by atoms with Gasteiger partial charge in [0.2, 0.25) is 0 Å². The Morgan fingerprint density at radius 3 is 2.39 bits per heavy atom. The first kappa shape index (κ1) is 17.4. The summed E-state index contributed by atoms with van der Waals surface area (Å²) in [5, 5.41) is 9.87. The molecule has 2 rings (SSSR count). The Labute approximate surface area is 143 Å². The summed E-state index contributed by atoms with van der Waals surface area (Å²) in [6.07, 6.45) is 1.04. The minimum Gasteiger partial charge on any atom is -0.481 e. The van der Waals surface area contributed by atoms with Gasteiger partial charge in [-0.25, -0.2) is 0 Å². The molecule has 2 aromatic rings. The second kappa shape index (κ2) is 7.06. The van der Waals surface area contributed by atoms with E-state index < -0.39 is 5.97 Å². The normalized spacial score (nSPS) is 10.6. The number of carboxylic acids is 1. The number of benzene rings is 1. The molecule has 0 saturated carbocycles. The van der Waals surface area contributed by atoms with Crippen LogP contribution in [0.4, 0.5) is 0 Å². The van der Waals surface area contributed by atoms with Crippen LogP contribution in [0.5, 0.6) is 0 Å². The molecule has 0 atom stereocenters. The van der Waals surface area contributed by atoms with Crippen LogP contribution in [-0.4, -0.2) is 28.9 Å². The van der Waals surface area contributed by atoms with Crippen molar-refractivity contribution in [3.05, 3.63) is 57.0 Å². The van der Waals surface area contributed by atoms with Crippen LogP contribution in [0.25, 0.3) is 0 Å². The van der Waals surface area contributed by atoms with Crippen molar-refractivity contribution in [2.45, 2.75) is 19.9 Å². The number of aliphatic carboxylic acids is 1. The molecule has 1 aromatic carbocycles. The number of furan rings is 1. The van der Waals surface area contributed by atoms with Gasteiger partial charge < -0.3 is 14.4 Å². The monoisotopic (exact) mass is 355 g/mol. The highest BCUT2D eigenvalue weighted by Crippen LogP contribution is 2.23. The Morgan fingerprint density at radius 2 is 1.83 bits per heavy atom. The molecular formula is C16H15Cl2NO4. The molecule has 0 unspecified atom stereocenters. The fourth-order valence-corrected chi connectivity index (χ4v) is 2.86. The molecule has 1 amide bonds. The van der Waals surface area contributed by atoms with E-state index in [0.29, 0.717) is 15.6 Å². The van der Waals surface area contributed by atoms with Crippen molar-refractivity contribution in [2.24, 2.45) is 0 Å². The molecule has 0 fully saturated rings. The largest absolute Gasteiger partial charge is 0.481 e. The van der Waals surface area contributed by atoms with Gasteiger partial charge >= 0.3 is 5.97 Å². The van der Waals surface area contributed by atoms with Crippen LogP contribution < -0.4 is 0 Å². The summed E-state index contributed by atoms with van der Waals surface area (Å²) in [7, 11) is 1.62. The van der Waals surface area contributed by atoms with Gasteiger partial charge in [-0.05, 0) is 30.7 Å². The first-order valence-electron chi connectivity index (χ1n) is 6.77. The molecule has 0 bridgehead atoms. The first-order chi connectivity index (χ1) is 10.8. The summed E-state index contributed by atoms with van der Waals surface area (Å²) < 4.78 is 5.20. The molecule has 0 saturated heterocycles. The second-order valence-corrected chi connectivity index (χ2v) is 6.10. The van der Waals surface area contributed by atoms with Crippen molar-refractivity contribution in [1.82, 2.24) is 4.90 Å². The molecule has 1 aromatic heterocycles. The summed E-state index contributed by atoms with van der Waals surface area (Å²) in [5.74, 6) is -1.22. The van der Waals surface area contributed by atoms with Gasteiger partial charge in [-0.2, -0.15) is 0 Å². The lowest BCUT2D eigenvalue weighted by molar-refractivity contribution is -0.136. The first-order valence-corrected chi connectivity index (χ1v) is 7.52. The highest BCUT2D eigenvalue weighted by Gasteiger charge is 2.23. The van der Waals surface area contributed by atoms with Crippen LogP contribution in [0.3, 0.4) is 0 Å². The number of hydrogen-bond acceptors (Lipinski definition) is 3. The van der Waals surface area contributed by atoms with Gasteiger partial charge in [-0.15, -0.1) is 0 Å². The van der Waals surface area contributed by atoms with E-state index in [9.17, 15) is 9.59 Å². The fourth-order valence-electron chi connectivity index (χ4n) is 2.29. The van der Waals surface area contributed by atoms with Crippen LogP contribution in [0.15, 0.2) is 28.9 Å². The number of hydrogen-bond donors (Lipinski definition) is 1. The molecule has 122 valence electrons. The van der Waals surface area contributed by atoms with Crippen molar-refractivity contribution < 1.29 is 19.1 Å². The SMILES string of the molecule is Cc1coc(CC(=O)O)c1C(=O)N(C)Cc1cc(Cl)cc(Cl)c1. The van der Waals surface area contributed by atoms with Gasteiger partial charge in [0.05, 0.1) is 11.8 Å². The minimum atomic E-state index is -1.06. The van der Waals surface area contributed by atoms with Crippen molar-refractivity contribution in [3.8, 4) is 0 Å². The van der Waals surface area contributed by atoms with Gasteiger partial charge in [0, 0.05) is 29.2 Å². The highest BCUT2D eigenvalue weighted by atomic mass is 35.5. The summed E-state index contributed by atoms with van der Waals surface area (Å²) in [5.41, 5.74) is 1.66. The fraction of sp³-hybridized carbons (Fsp3) is 0.250. The Hall–Kier alpha value is -1.98. The summed E-state index contributed by atoms with van der Waals surface area (Å²) in [6.45, 7) is 1.99. The molecule has 0 aliphatic heterocycles. The van der Waals surface area contributed by atoms with Crippen LogP contribution >= 0.6 is 23.2 Å². The quantitative estimate of drug-likeness (QED) is 0.885. The van der Waals surface area contributed by atoms with Gasteiger partial charge in [0.15, 0.2) is 0 Å². The van der Waals surface area contributed by atoms with E-state index in [2.05, 4.69) is 0 Å². The van der Waals surface area contributed by atoms with E-state index in [4.69, 9.17) is 32.7 Å². The second-order valence-electron chi connectivity index (χ2n) is 5.23. The maximum atomic E-state index is 12.6. The minimum absolute atomic E-state index is 0.149. The van der Waals surface area contributed by atoms with E-state index in [1.165, 1.54) is 11.2 Å². The zero-order valence-corrected chi connectivity index (χ0v) is 14.1. The Kier molecular flexibility index (Phi) is 5.34. The number of rotatable bonds is 5. The molecule has 7 heteroatoms.